The lowest BCUT2D eigenvalue weighted by molar-refractivity contribution is -0.0498. The van der Waals surface area contributed by atoms with Gasteiger partial charge in [0.1, 0.15) is 5.75 Å². The maximum Gasteiger partial charge on any atom is 0.248 e. The Morgan fingerprint density at radius 3 is 2.65 bits per heavy atom. The molecule has 20 heavy (non-hydrogen) atoms. The van der Waals surface area contributed by atoms with Gasteiger partial charge in [0.25, 0.3) is 0 Å². The number of hydrogen-bond acceptors (Lipinski definition) is 2. The van der Waals surface area contributed by atoms with Gasteiger partial charge in [-0.25, -0.2) is 8.78 Å². The number of benzene rings is 1. The van der Waals surface area contributed by atoms with Crippen molar-refractivity contribution in [1.29, 1.82) is 0 Å². The number of hydrogen-bond donors (Lipinski definition) is 1. The molecule has 1 fully saturated rings. The van der Waals surface area contributed by atoms with Crippen LogP contribution in [0.5, 0.6) is 5.75 Å². The van der Waals surface area contributed by atoms with E-state index in [0.717, 1.165) is 29.1 Å². The molecular weight excluding hydrogens is 278 g/mol. The summed E-state index contributed by atoms with van der Waals surface area (Å²) in [4.78, 5) is 0. The largest absolute Gasteiger partial charge is 0.493 e. The van der Waals surface area contributed by atoms with Crippen LogP contribution in [0, 0.1) is 12.8 Å². The van der Waals surface area contributed by atoms with E-state index >= 15 is 0 Å². The van der Waals surface area contributed by atoms with Crippen molar-refractivity contribution in [3.63, 3.8) is 0 Å². The molecule has 0 heterocycles. The molecule has 0 atom stereocenters. The number of rotatable bonds is 5. The summed E-state index contributed by atoms with van der Waals surface area (Å²) >= 11 is 4.26. The zero-order chi connectivity index (χ0) is 14.6. The van der Waals surface area contributed by atoms with E-state index in [2.05, 4.69) is 24.8 Å². The SMILES string of the molecule is Cc1ccc(CCS)c(OCC2CCC(F)(F)CC2)c1. The molecule has 0 unspecified atom stereocenters. The van der Waals surface area contributed by atoms with Crippen LogP contribution in [0.15, 0.2) is 18.2 Å². The van der Waals surface area contributed by atoms with Crippen molar-refractivity contribution in [2.75, 3.05) is 12.4 Å². The summed E-state index contributed by atoms with van der Waals surface area (Å²) in [6.45, 7) is 2.57. The highest BCUT2D eigenvalue weighted by Crippen LogP contribution is 2.36. The van der Waals surface area contributed by atoms with Crippen LogP contribution in [0.25, 0.3) is 0 Å². The molecule has 2 rings (SSSR count). The van der Waals surface area contributed by atoms with Crippen molar-refractivity contribution >= 4 is 12.6 Å². The fourth-order valence-electron chi connectivity index (χ4n) is 2.60. The van der Waals surface area contributed by atoms with Crippen molar-refractivity contribution in [2.24, 2.45) is 5.92 Å². The van der Waals surface area contributed by atoms with Crippen LogP contribution >= 0.6 is 12.6 Å². The van der Waals surface area contributed by atoms with Gasteiger partial charge in [-0.2, -0.15) is 12.6 Å². The Kier molecular flexibility index (Phi) is 5.30. The van der Waals surface area contributed by atoms with Crippen LogP contribution < -0.4 is 4.74 Å². The molecule has 112 valence electrons. The third-order valence-corrected chi connectivity index (χ3v) is 4.14. The zero-order valence-corrected chi connectivity index (χ0v) is 12.8. The predicted molar refractivity (Wildman–Crippen MR) is 81.1 cm³/mol. The molecule has 0 aliphatic heterocycles. The second-order valence-corrected chi connectivity index (χ2v) is 6.14. The molecule has 0 saturated heterocycles. The van der Waals surface area contributed by atoms with Gasteiger partial charge in [0.15, 0.2) is 0 Å². The number of halogens is 2. The standard InChI is InChI=1S/C16H22F2OS/c1-12-2-3-14(6-9-20)15(10-12)19-11-13-4-7-16(17,18)8-5-13/h2-3,10,13,20H,4-9,11H2,1H3. The molecule has 1 aliphatic rings. The minimum Gasteiger partial charge on any atom is -0.493 e. The van der Waals surface area contributed by atoms with Gasteiger partial charge in [-0.15, -0.1) is 0 Å². The first kappa shape index (κ1) is 15.6. The molecule has 4 heteroatoms. The zero-order valence-electron chi connectivity index (χ0n) is 11.9. The van der Waals surface area contributed by atoms with E-state index in [9.17, 15) is 8.78 Å². The summed E-state index contributed by atoms with van der Waals surface area (Å²) in [6, 6.07) is 6.15. The van der Waals surface area contributed by atoms with E-state index in [4.69, 9.17) is 4.74 Å². The first-order valence-corrected chi connectivity index (χ1v) is 7.84. The molecule has 0 N–H and O–H groups in total. The highest BCUT2D eigenvalue weighted by atomic mass is 32.1. The number of ether oxygens (including phenoxy) is 1. The Morgan fingerprint density at radius 1 is 1.30 bits per heavy atom. The van der Waals surface area contributed by atoms with E-state index in [0.29, 0.717) is 19.4 Å². The summed E-state index contributed by atoms with van der Waals surface area (Å²) in [5.74, 6) is -0.554. The van der Waals surface area contributed by atoms with Crippen LogP contribution in [-0.4, -0.2) is 18.3 Å². The topological polar surface area (TPSA) is 9.23 Å². The minimum atomic E-state index is -2.46. The minimum absolute atomic E-state index is 0.00165. The summed E-state index contributed by atoms with van der Waals surface area (Å²) < 4.78 is 32.1. The number of alkyl halides is 2. The van der Waals surface area contributed by atoms with Gasteiger partial charge in [-0.3, -0.25) is 0 Å². The van der Waals surface area contributed by atoms with E-state index in [1.165, 1.54) is 0 Å². The van der Waals surface area contributed by atoms with E-state index in [1.54, 1.807) is 0 Å². The lowest BCUT2D eigenvalue weighted by atomic mass is 9.87. The second kappa shape index (κ2) is 6.79. The molecular formula is C16H22F2OS. The van der Waals surface area contributed by atoms with Gasteiger partial charge < -0.3 is 4.74 Å². The molecule has 0 bridgehead atoms. The van der Waals surface area contributed by atoms with Crippen molar-refractivity contribution < 1.29 is 13.5 Å². The van der Waals surface area contributed by atoms with Crippen LogP contribution in [0.2, 0.25) is 0 Å². The van der Waals surface area contributed by atoms with Crippen LogP contribution in [0.1, 0.15) is 36.8 Å². The fraction of sp³-hybridized carbons (Fsp3) is 0.625. The Bertz CT molecular complexity index is 438. The van der Waals surface area contributed by atoms with Crippen LogP contribution in [0.3, 0.4) is 0 Å². The van der Waals surface area contributed by atoms with Crippen LogP contribution in [0.4, 0.5) is 8.78 Å². The van der Waals surface area contributed by atoms with Crippen molar-refractivity contribution in [2.45, 2.75) is 45.0 Å². The van der Waals surface area contributed by atoms with E-state index in [-0.39, 0.29) is 18.8 Å². The van der Waals surface area contributed by atoms with E-state index < -0.39 is 5.92 Å². The van der Waals surface area contributed by atoms with Crippen molar-refractivity contribution in [3.8, 4) is 5.75 Å². The molecule has 0 radical (unpaired) electrons. The normalized spacial score (nSPS) is 19.0. The Labute approximate surface area is 125 Å². The average Bonchev–Trinajstić information content (AvgIpc) is 2.40. The van der Waals surface area contributed by atoms with Gasteiger partial charge >= 0.3 is 0 Å². The molecule has 1 nitrogen and oxygen atoms in total. The Morgan fingerprint density at radius 2 is 2.00 bits per heavy atom. The average molecular weight is 300 g/mol. The predicted octanol–water partition coefficient (Wildman–Crippen LogP) is 4.67. The molecule has 0 aromatic heterocycles. The number of thiol groups is 1. The lowest BCUT2D eigenvalue weighted by Gasteiger charge is -2.28. The first-order chi connectivity index (χ1) is 9.50. The summed E-state index contributed by atoms with van der Waals surface area (Å²) in [5, 5.41) is 0. The third kappa shape index (κ3) is 4.37. The summed E-state index contributed by atoms with van der Waals surface area (Å²) in [7, 11) is 0. The summed E-state index contributed by atoms with van der Waals surface area (Å²) in [5.41, 5.74) is 2.30. The van der Waals surface area contributed by atoms with Gasteiger partial charge in [0.05, 0.1) is 6.61 Å². The fourth-order valence-corrected chi connectivity index (χ4v) is 2.84. The maximum absolute atomic E-state index is 13.1. The molecule has 1 aromatic rings. The Balaban J connectivity index is 1.92. The van der Waals surface area contributed by atoms with Crippen molar-refractivity contribution in [3.05, 3.63) is 29.3 Å². The number of aryl methyl sites for hydroxylation is 2. The molecule has 1 aromatic carbocycles. The van der Waals surface area contributed by atoms with Crippen LogP contribution in [-0.2, 0) is 6.42 Å². The van der Waals surface area contributed by atoms with E-state index in [1.807, 2.05) is 13.0 Å². The Hall–Kier alpha value is -0.770. The molecule has 1 saturated carbocycles. The van der Waals surface area contributed by atoms with Gasteiger partial charge in [0.2, 0.25) is 5.92 Å². The summed E-state index contributed by atoms with van der Waals surface area (Å²) in [6.07, 6.45) is 1.97. The van der Waals surface area contributed by atoms with Gasteiger partial charge in [-0.1, -0.05) is 12.1 Å². The first-order valence-electron chi connectivity index (χ1n) is 7.21. The monoisotopic (exact) mass is 300 g/mol. The molecule has 0 amide bonds. The smallest absolute Gasteiger partial charge is 0.248 e. The highest BCUT2D eigenvalue weighted by molar-refractivity contribution is 7.80. The third-order valence-electron chi connectivity index (χ3n) is 3.92. The van der Waals surface area contributed by atoms with Gasteiger partial charge in [-0.05, 0) is 55.1 Å². The highest BCUT2D eigenvalue weighted by Gasteiger charge is 2.35. The quantitative estimate of drug-likeness (QED) is 0.777. The molecule has 0 spiro atoms. The lowest BCUT2D eigenvalue weighted by Crippen LogP contribution is -2.27. The van der Waals surface area contributed by atoms with Gasteiger partial charge in [0, 0.05) is 12.8 Å². The maximum atomic E-state index is 13.1. The van der Waals surface area contributed by atoms with Crippen molar-refractivity contribution in [1.82, 2.24) is 0 Å². The molecule has 1 aliphatic carbocycles. The second-order valence-electron chi connectivity index (χ2n) is 5.70.